The lowest BCUT2D eigenvalue weighted by molar-refractivity contribution is -0.111. The predicted molar refractivity (Wildman–Crippen MR) is 98.0 cm³/mol. The van der Waals surface area contributed by atoms with E-state index in [9.17, 15) is 4.79 Å². The number of amides is 1. The molecule has 0 radical (unpaired) electrons. The zero-order valence-corrected chi connectivity index (χ0v) is 13.8. The van der Waals surface area contributed by atoms with Gasteiger partial charge < -0.3 is 10.1 Å². The topological polar surface area (TPSA) is 38.3 Å². The summed E-state index contributed by atoms with van der Waals surface area (Å²) < 4.78 is 5.41. The van der Waals surface area contributed by atoms with Crippen molar-refractivity contribution in [2.24, 2.45) is 0 Å². The van der Waals surface area contributed by atoms with Crippen LogP contribution in [0.25, 0.3) is 6.08 Å². The summed E-state index contributed by atoms with van der Waals surface area (Å²) in [6, 6.07) is 15.3. The Balaban J connectivity index is 1.93. The Morgan fingerprint density at radius 2 is 2.04 bits per heavy atom. The van der Waals surface area contributed by atoms with Crippen molar-refractivity contribution in [2.75, 3.05) is 18.2 Å². The molecule has 2 rings (SSSR count). The van der Waals surface area contributed by atoms with Crippen molar-refractivity contribution >= 4 is 29.4 Å². The Morgan fingerprint density at radius 3 is 2.74 bits per heavy atom. The summed E-state index contributed by atoms with van der Waals surface area (Å²) in [6.07, 6.45) is 6.99. The van der Waals surface area contributed by atoms with E-state index in [4.69, 9.17) is 4.74 Å². The molecule has 0 heterocycles. The molecule has 2 aromatic rings. The first-order valence-electron chi connectivity index (χ1n) is 7.18. The van der Waals surface area contributed by atoms with Crippen LogP contribution in [0, 0.1) is 0 Å². The molecule has 3 nitrogen and oxygen atoms in total. The predicted octanol–water partition coefficient (Wildman–Crippen LogP) is 4.63. The summed E-state index contributed by atoms with van der Waals surface area (Å²) in [4.78, 5) is 13.1. The molecule has 0 aliphatic rings. The maximum absolute atomic E-state index is 12.0. The largest absolute Gasteiger partial charge is 0.490 e. The number of rotatable bonds is 7. The summed E-state index contributed by atoms with van der Waals surface area (Å²) in [6.45, 7) is 4.08. The van der Waals surface area contributed by atoms with Crippen LogP contribution in [0.15, 0.2) is 72.2 Å². The van der Waals surface area contributed by atoms with Gasteiger partial charge in [-0.1, -0.05) is 30.9 Å². The van der Waals surface area contributed by atoms with Gasteiger partial charge in [-0.15, -0.1) is 11.8 Å². The van der Waals surface area contributed by atoms with E-state index in [0.29, 0.717) is 6.61 Å². The number of carbonyl (C=O) groups excluding carboxylic acids is 1. The number of hydrogen-bond donors (Lipinski definition) is 1. The first-order valence-corrected chi connectivity index (χ1v) is 8.40. The maximum Gasteiger partial charge on any atom is 0.248 e. The highest BCUT2D eigenvalue weighted by Crippen LogP contribution is 2.19. The van der Waals surface area contributed by atoms with Gasteiger partial charge in [0, 0.05) is 16.7 Å². The van der Waals surface area contributed by atoms with Crippen LogP contribution in [-0.2, 0) is 4.79 Å². The van der Waals surface area contributed by atoms with Crippen molar-refractivity contribution in [2.45, 2.75) is 4.90 Å². The van der Waals surface area contributed by atoms with E-state index in [0.717, 1.165) is 21.9 Å². The second-order valence-corrected chi connectivity index (χ2v) is 5.60. The lowest BCUT2D eigenvalue weighted by Gasteiger charge is -2.04. The molecule has 1 N–H and O–H groups in total. The lowest BCUT2D eigenvalue weighted by Crippen LogP contribution is -2.07. The SMILES string of the molecule is C=CCOc1ccc(/C=C/C(=O)Nc2cccc(SC)c2)cc1. The van der Waals surface area contributed by atoms with Crippen LogP contribution in [0.1, 0.15) is 5.56 Å². The highest BCUT2D eigenvalue weighted by atomic mass is 32.2. The van der Waals surface area contributed by atoms with E-state index >= 15 is 0 Å². The third-order valence-corrected chi connectivity index (χ3v) is 3.74. The van der Waals surface area contributed by atoms with Crippen molar-refractivity contribution in [3.63, 3.8) is 0 Å². The minimum atomic E-state index is -0.157. The number of anilines is 1. The van der Waals surface area contributed by atoms with E-state index in [1.165, 1.54) is 6.08 Å². The molecule has 118 valence electrons. The molecule has 0 aliphatic heterocycles. The van der Waals surface area contributed by atoms with Crippen molar-refractivity contribution < 1.29 is 9.53 Å². The van der Waals surface area contributed by atoms with Crippen molar-refractivity contribution in [3.8, 4) is 5.75 Å². The first kappa shape index (κ1) is 16.9. The maximum atomic E-state index is 12.0. The van der Waals surface area contributed by atoms with Gasteiger partial charge in [0.1, 0.15) is 12.4 Å². The summed E-state index contributed by atoms with van der Waals surface area (Å²) in [5, 5.41) is 2.85. The minimum Gasteiger partial charge on any atom is -0.490 e. The normalized spacial score (nSPS) is 10.5. The van der Waals surface area contributed by atoms with Gasteiger partial charge in [-0.25, -0.2) is 0 Å². The quantitative estimate of drug-likeness (QED) is 0.458. The number of hydrogen-bond acceptors (Lipinski definition) is 3. The molecule has 0 unspecified atom stereocenters. The molecule has 0 bridgehead atoms. The molecule has 4 heteroatoms. The smallest absolute Gasteiger partial charge is 0.248 e. The van der Waals surface area contributed by atoms with Gasteiger partial charge in [-0.3, -0.25) is 4.79 Å². The molecule has 0 saturated carbocycles. The summed E-state index contributed by atoms with van der Waals surface area (Å²) >= 11 is 1.64. The van der Waals surface area contributed by atoms with Gasteiger partial charge >= 0.3 is 0 Å². The molecule has 0 aliphatic carbocycles. The van der Waals surface area contributed by atoms with E-state index in [-0.39, 0.29) is 5.91 Å². The molecule has 23 heavy (non-hydrogen) atoms. The van der Waals surface area contributed by atoms with E-state index < -0.39 is 0 Å². The van der Waals surface area contributed by atoms with Crippen LogP contribution in [0.3, 0.4) is 0 Å². The lowest BCUT2D eigenvalue weighted by atomic mass is 10.2. The van der Waals surface area contributed by atoms with Crippen LogP contribution in [0.2, 0.25) is 0 Å². The molecule has 2 aromatic carbocycles. The zero-order valence-electron chi connectivity index (χ0n) is 13.0. The molecule has 0 aromatic heterocycles. The second-order valence-electron chi connectivity index (χ2n) is 4.72. The molecular weight excluding hydrogens is 306 g/mol. The summed E-state index contributed by atoms with van der Waals surface area (Å²) in [5.74, 6) is 0.621. The monoisotopic (exact) mass is 325 g/mol. The number of benzene rings is 2. The van der Waals surface area contributed by atoms with Crippen LogP contribution in [0.5, 0.6) is 5.75 Å². The number of carbonyl (C=O) groups is 1. The van der Waals surface area contributed by atoms with Gasteiger partial charge in [0.25, 0.3) is 0 Å². The molecule has 1 amide bonds. The van der Waals surface area contributed by atoms with Gasteiger partial charge in [0.2, 0.25) is 5.91 Å². The molecule has 0 atom stereocenters. The van der Waals surface area contributed by atoms with Gasteiger partial charge in [-0.05, 0) is 48.2 Å². The summed E-state index contributed by atoms with van der Waals surface area (Å²) in [7, 11) is 0. The Labute approximate surface area is 141 Å². The van der Waals surface area contributed by atoms with Crippen molar-refractivity contribution in [1.82, 2.24) is 0 Å². The van der Waals surface area contributed by atoms with Crippen LogP contribution >= 0.6 is 11.8 Å². The van der Waals surface area contributed by atoms with E-state index in [1.54, 1.807) is 23.9 Å². The van der Waals surface area contributed by atoms with Gasteiger partial charge in [0.15, 0.2) is 0 Å². The minimum absolute atomic E-state index is 0.157. The fraction of sp³-hybridized carbons (Fsp3) is 0.105. The molecule has 0 spiro atoms. The Hall–Kier alpha value is -2.46. The Bertz CT molecular complexity index is 693. The average Bonchev–Trinajstić information content (AvgIpc) is 2.59. The fourth-order valence-corrected chi connectivity index (χ4v) is 2.35. The number of ether oxygens (including phenoxy) is 1. The Kier molecular flexibility index (Phi) is 6.51. The third-order valence-electron chi connectivity index (χ3n) is 3.01. The van der Waals surface area contributed by atoms with Crippen LogP contribution in [-0.4, -0.2) is 18.8 Å². The Morgan fingerprint density at radius 1 is 1.26 bits per heavy atom. The molecule has 0 saturated heterocycles. The van der Waals surface area contributed by atoms with E-state index in [1.807, 2.05) is 54.8 Å². The van der Waals surface area contributed by atoms with Crippen LogP contribution in [0.4, 0.5) is 5.69 Å². The van der Waals surface area contributed by atoms with Crippen LogP contribution < -0.4 is 10.1 Å². The second kappa shape index (κ2) is 8.86. The van der Waals surface area contributed by atoms with Crippen molar-refractivity contribution in [1.29, 1.82) is 0 Å². The van der Waals surface area contributed by atoms with Gasteiger partial charge in [-0.2, -0.15) is 0 Å². The third kappa shape index (κ3) is 5.68. The fourth-order valence-electron chi connectivity index (χ4n) is 1.89. The molecular formula is C19H19NO2S. The zero-order chi connectivity index (χ0) is 16.5. The molecule has 0 fully saturated rings. The number of thioether (sulfide) groups is 1. The standard InChI is InChI=1S/C19H19NO2S/c1-3-13-22-17-10-7-15(8-11-17)9-12-19(21)20-16-5-4-6-18(14-16)23-2/h3-12,14H,1,13H2,2H3,(H,20,21)/b12-9+. The highest BCUT2D eigenvalue weighted by Gasteiger charge is 1.99. The average molecular weight is 325 g/mol. The van der Waals surface area contributed by atoms with E-state index in [2.05, 4.69) is 11.9 Å². The summed E-state index contributed by atoms with van der Waals surface area (Å²) in [5.41, 5.74) is 1.73. The highest BCUT2D eigenvalue weighted by molar-refractivity contribution is 7.98. The first-order chi connectivity index (χ1) is 11.2. The van der Waals surface area contributed by atoms with Gasteiger partial charge in [0.05, 0.1) is 0 Å². The van der Waals surface area contributed by atoms with Crippen molar-refractivity contribution in [3.05, 3.63) is 72.8 Å². The number of nitrogens with one attached hydrogen (secondary N) is 1.